The lowest BCUT2D eigenvalue weighted by molar-refractivity contribution is 0.187. The predicted octanol–water partition coefficient (Wildman–Crippen LogP) is 3.01. The quantitative estimate of drug-likeness (QED) is 0.873. The largest absolute Gasteiger partial charge is 0.322 e. The normalized spacial score (nSPS) is 28.4. The molecule has 0 amide bonds. The van der Waals surface area contributed by atoms with E-state index in [0.29, 0.717) is 6.04 Å². The van der Waals surface area contributed by atoms with Crippen LogP contribution in [-0.4, -0.2) is 23.5 Å². The summed E-state index contributed by atoms with van der Waals surface area (Å²) in [6.07, 6.45) is 3.92. The van der Waals surface area contributed by atoms with Gasteiger partial charge in [0.05, 0.1) is 6.04 Å². The average molecular weight is 238 g/mol. The fourth-order valence-corrected chi connectivity index (χ4v) is 3.43. The Balaban J connectivity index is 1.97. The van der Waals surface area contributed by atoms with E-state index in [0.717, 1.165) is 12.6 Å². The minimum absolute atomic E-state index is 0.189. The van der Waals surface area contributed by atoms with Crippen LogP contribution in [0.5, 0.6) is 0 Å². The first-order valence-electron chi connectivity index (χ1n) is 6.27. The van der Waals surface area contributed by atoms with E-state index < -0.39 is 0 Å². The third kappa shape index (κ3) is 2.47. The number of hydrogen-bond acceptors (Lipinski definition) is 3. The first-order chi connectivity index (χ1) is 7.72. The zero-order chi connectivity index (χ0) is 11.5. The summed E-state index contributed by atoms with van der Waals surface area (Å²) in [5.41, 5.74) is 6.27. The van der Waals surface area contributed by atoms with Gasteiger partial charge in [-0.1, -0.05) is 13.0 Å². The SMILES string of the molecule is CCC1CCC(C)N1CC(N)c1cccs1. The van der Waals surface area contributed by atoms with Gasteiger partial charge in [-0.05, 0) is 37.6 Å². The fourth-order valence-electron chi connectivity index (χ4n) is 2.71. The molecule has 3 atom stereocenters. The molecule has 1 aromatic rings. The van der Waals surface area contributed by atoms with Crippen LogP contribution in [0.25, 0.3) is 0 Å². The summed E-state index contributed by atoms with van der Waals surface area (Å²) in [7, 11) is 0. The van der Waals surface area contributed by atoms with Crippen molar-refractivity contribution in [2.75, 3.05) is 6.54 Å². The Bertz CT molecular complexity index is 310. The van der Waals surface area contributed by atoms with Crippen LogP contribution in [-0.2, 0) is 0 Å². The summed E-state index contributed by atoms with van der Waals surface area (Å²) in [5.74, 6) is 0. The van der Waals surface area contributed by atoms with Gasteiger partial charge >= 0.3 is 0 Å². The molecule has 2 N–H and O–H groups in total. The highest BCUT2D eigenvalue weighted by Crippen LogP contribution is 2.28. The summed E-state index contributed by atoms with van der Waals surface area (Å²) in [6, 6.07) is 5.88. The van der Waals surface area contributed by atoms with Crippen molar-refractivity contribution >= 4 is 11.3 Å². The standard InChI is InChI=1S/C13H22N2S/c1-3-11-7-6-10(2)15(11)9-12(14)13-5-4-8-16-13/h4-5,8,10-12H,3,6-7,9,14H2,1-2H3. The minimum atomic E-state index is 0.189. The predicted molar refractivity (Wildman–Crippen MR) is 70.7 cm³/mol. The van der Waals surface area contributed by atoms with Gasteiger partial charge in [-0.3, -0.25) is 4.90 Å². The van der Waals surface area contributed by atoms with Gasteiger partial charge in [0.15, 0.2) is 0 Å². The molecule has 1 saturated heterocycles. The molecule has 2 heterocycles. The molecule has 0 aliphatic carbocycles. The van der Waals surface area contributed by atoms with Crippen molar-refractivity contribution < 1.29 is 0 Å². The molecule has 0 saturated carbocycles. The Hall–Kier alpha value is -0.380. The van der Waals surface area contributed by atoms with Gasteiger partial charge in [0.2, 0.25) is 0 Å². The van der Waals surface area contributed by atoms with Crippen molar-refractivity contribution in [3.63, 3.8) is 0 Å². The summed E-state index contributed by atoms with van der Waals surface area (Å²) in [6.45, 7) is 5.63. The molecule has 0 radical (unpaired) electrons. The topological polar surface area (TPSA) is 29.3 Å². The van der Waals surface area contributed by atoms with E-state index in [1.807, 2.05) is 0 Å². The molecule has 1 aliphatic rings. The molecule has 0 spiro atoms. The Morgan fingerprint density at radius 1 is 1.56 bits per heavy atom. The Morgan fingerprint density at radius 2 is 2.38 bits per heavy atom. The van der Waals surface area contributed by atoms with Crippen LogP contribution in [0.3, 0.4) is 0 Å². The van der Waals surface area contributed by atoms with E-state index in [1.165, 1.54) is 24.1 Å². The first-order valence-corrected chi connectivity index (χ1v) is 7.15. The second kappa shape index (κ2) is 5.30. The lowest BCUT2D eigenvalue weighted by Crippen LogP contribution is -2.39. The summed E-state index contributed by atoms with van der Waals surface area (Å²) in [5, 5.41) is 2.11. The van der Waals surface area contributed by atoms with Crippen molar-refractivity contribution in [3.8, 4) is 0 Å². The van der Waals surface area contributed by atoms with E-state index >= 15 is 0 Å². The second-order valence-electron chi connectivity index (χ2n) is 4.81. The zero-order valence-electron chi connectivity index (χ0n) is 10.2. The molecule has 2 nitrogen and oxygen atoms in total. The van der Waals surface area contributed by atoms with Gasteiger partial charge in [-0.15, -0.1) is 11.3 Å². The lowest BCUT2D eigenvalue weighted by Gasteiger charge is -2.30. The Labute approximate surface area is 102 Å². The maximum atomic E-state index is 6.27. The highest BCUT2D eigenvalue weighted by atomic mass is 32.1. The van der Waals surface area contributed by atoms with Crippen LogP contribution in [0.1, 0.15) is 44.0 Å². The highest BCUT2D eigenvalue weighted by Gasteiger charge is 2.30. The zero-order valence-corrected chi connectivity index (χ0v) is 11.0. The minimum Gasteiger partial charge on any atom is -0.322 e. The summed E-state index contributed by atoms with van der Waals surface area (Å²) < 4.78 is 0. The van der Waals surface area contributed by atoms with Crippen LogP contribution in [0, 0.1) is 0 Å². The van der Waals surface area contributed by atoms with Crippen LogP contribution in [0.2, 0.25) is 0 Å². The van der Waals surface area contributed by atoms with Gasteiger partial charge in [0, 0.05) is 23.5 Å². The first kappa shape index (κ1) is 12.1. The summed E-state index contributed by atoms with van der Waals surface area (Å²) >= 11 is 1.77. The molecule has 2 rings (SSSR count). The third-order valence-corrected chi connectivity index (χ3v) is 4.74. The van der Waals surface area contributed by atoms with Crippen molar-refractivity contribution in [2.24, 2.45) is 5.73 Å². The third-order valence-electron chi connectivity index (χ3n) is 3.74. The molecule has 0 aromatic carbocycles. The monoisotopic (exact) mass is 238 g/mol. The molecule has 16 heavy (non-hydrogen) atoms. The van der Waals surface area contributed by atoms with E-state index in [2.05, 4.69) is 36.3 Å². The highest BCUT2D eigenvalue weighted by molar-refractivity contribution is 7.10. The number of nitrogens with zero attached hydrogens (tertiary/aromatic N) is 1. The molecular formula is C13H22N2S. The molecule has 3 heteroatoms. The van der Waals surface area contributed by atoms with Crippen molar-refractivity contribution in [2.45, 2.75) is 51.2 Å². The van der Waals surface area contributed by atoms with Crippen molar-refractivity contribution in [3.05, 3.63) is 22.4 Å². The molecule has 0 bridgehead atoms. The fraction of sp³-hybridized carbons (Fsp3) is 0.692. The molecular weight excluding hydrogens is 216 g/mol. The van der Waals surface area contributed by atoms with Crippen LogP contribution < -0.4 is 5.73 Å². The average Bonchev–Trinajstić information content (AvgIpc) is 2.89. The van der Waals surface area contributed by atoms with E-state index in [9.17, 15) is 0 Å². The van der Waals surface area contributed by atoms with Crippen molar-refractivity contribution in [1.82, 2.24) is 4.90 Å². The number of hydrogen-bond donors (Lipinski definition) is 1. The smallest absolute Gasteiger partial charge is 0.0519 e. The lowest BCUT2D eigenvalue weighted by atomic mass is 10.1. The molecule has 1 aliphatic heterocycles. The maximum absolute atomic E-state index is 6.27. The van der Waals surface area contributed by atoms with E-state index in [-0.39, 0.29) is 6.04 Å². The number of nitrogens with two attached hydrogens (primary N) is 1. The van der Waals surface area contributed by atoms with Crippen molar-refractivity contribution in [1.29, 1.82) is 0 Å². The van der Waals surface area contributed by atoms with Crippen LogP contribution in [0.4, 0.5) is 0 Å². The van der Waals surface area contributed by atoms with Crippen LogP contribution >= 0.6 is 11.3 Å². The van der Waals surface area contributed by atoms with Crippen LogP contribution in [0.15, 0.2) is 17.5 Å². The molecule has 90 valence electrons. The van der Waals surface area contributed by atoms with E-state index in [1.54, 1.807) is 11.3 Å². The van der Waals surface area contributed by atoms with E-state index in [4.69, 9.17) is 5.73 Å². The van der Waals surface area contributed by atoms with Gasteiger partial charge in [-0.2, -0.15) is 0 Å². The Morgan fingerprint density at radius 3 is 3.00 bits per heavy atom. The number of rotatable bonds is 4. The molecule has 1 fully saturated rings. The summed E-state index contributed by atoms with van der Waals surface area (Å²) in [4.78, 5) is 3.92. The number of thiophene rings is 1. The maximum Gasteiger partial charge on any atom is 0.0519 e. The Kier molecular flexibility index (Phi) is 4.00. The van der Waals surface area contributed by atoms with Gasteiger partial charge in [-0.25, -0.2) is 0 Å². The van der Waals surface area contributed by atoms with Gasteiger partial charge in [0.25, 0.3) is 0 Å². The molecule has 3 unspecified atom stereocenters. The second-order valence-corrected chi connectivity index (χ2v) is 5.79. The number of likely N-dealkylation sites (tertiary alicyclic amines) is 1. The van der Waals surface area contributed by atoms with Gasteiger partial charge < -0.3 is 5.73 Å². The molecule has 1 aromatic heterocycles. The van der Waals surface area contributed by atoms with Gasteiger partial charge in [0.1, 0.15) is 0 Å².